The molecule has 0 atom stereocenters. The molecule has 0 aromatic heterocycles. The molecule has 88 valence electrons. The van der Waals surface area contributed by atoms with Crippen molar-refractivity contribution in [2.24, 2.45) is 4.99 Å². The third-order valence-corrected chi connectivity index (χ3v) is 2.58. The van der Waals surface area contributed by atoms with Gasteiger partial charge in [0.15, 0.2) is 0 Å². The van der Waals surface area contributed by atoms with Gasteiger partial charge < -0.3 is 4.74 Å². The fourth-order valence-electron chi connectivity index (χ4n) is 1.98. The van der Waals surface area contributed by atoms with Gasteiger partial charge in [-0.25, -0.2) is 4.79 Å². The first-order valence-corrected chi connectivity index (χ1v) is 5.58. The van der Waals surface area contributed by atoms with Crippen molar-refractivity contribution in [2.75, 3.05) is 13.1 Å². The Bertz CT molecular complexity index is 388. The highest BCUT2D eigenvalue weighted by molar-refractivity contribution is 5.89. The van der Waals surface area contributed by atoms with Crippen molar-refractivity contribution in [1.82, 2.24) is 4.90 Å². The lowest BCUT2D eigenvalue weighted by Crippen LogP contribution is -2.36. The Morgan fingerprint density at radius 2 is 2.06 bits per heavy atom. The Morgan fingerprint density at radius 1 is 1.38 bits per heavy atom. The van der Waals surface area contributed by atoms with Gasteiger partial charge in [-0.05, 0) is 33.3 Å². The van der Waals surface area contributed by atoms with Gasteiger partial charge >= 0.3 is 6.09 Å². The summed E-state index contributed by atoms with van der Waals surface area (Å²) in [5.41, 5.74) is 3.05. The van der Waals surface area contributed by atoms with Gasteiger partial charge in [0, 0.05) is 18.7 Å². The second-order valence-electron chi connectivity index (χ2n) is 5.41. The highest BCUT2D eigenvalue weighted by atomic mass is 16.6. The molecule has 2 rings (SSSR count). The maximum atomic E-state index is 11.8. The number of aliphatic imine (C=N–C) groups is 1. The highest BCUT2D eigenvalue weighted by Crippen LogP contribution is 2.28. The van der Waals surface area contributed by atoms with E-state index in [4.69, 9.17) is 4.74 Å². The molecule has 4 heteroatoms. The number of carbonyl (C=O) groups excluding carboxylic acids is 1. The summed E-state index contributed by atoms with van der Waals surface area (Å²) in [6.07, 6.45) is 0.670. The van der Waals surface area contributed by atoms with Crippen molar-refractivity contribution in [2.45, 2.75) is 39.7 Å². The van der Waals surface area contributed by atoms with Crippen molar-refractivity contribution in [1.29, 1.82) is 0 Å². The van der Waals surface area contributed by atoms with Gasteiger partial charge in [0.1, 0.15) is 5.60 Å². The molecular weight excluding hydrogens is 204 g/mol. The number of carbonyl (C=O) groups is 1. The molecule has 2 heterocycles. The Labute approximate surface area is 96.0 Å². The van der Waals surface area contributed by atoms with E-state index in [0.717, 1.165) is 17.8 Å². The predicted octanol–water partition coefficient (Wildman–Crippen LogP) is 2.36. The van der Waals surface area contributed by atoms with E-state index in [1.165, 1.54) is 5.57 Å². The molecule has 4 nitrogen and oxygen atoms in total. The molecule has 1 amide bonds. The number of amides is 1. The van der Waals surface area contributed by atoms with Crippen LogP contribution in [0.5, 0.6) is 0 Å². The smallest absolute Gasteiger partial charge is 0.410 e. The van der Waals surface area contributed by atoms with Gasteiger partial charge in [0.25, 0.3) is 0 Å². The highest BCUT2D eigenvalue weighted by Gasteiger charge is 2.31. The summed E-state index contributed by atoms with van der Waals surface area (Å²) in [6, 6.07) is 0. The van der Waals surface area contributed by atoms with E-state index in [-0.39, 0.29) is 6.09 Å². The Kier molecular flexibility index (Phi) is 2.52. The Morgan fingerprint density at radius 3 is 2.62 bits per heavy atom. The van der Waals surface area contributed by atoms with Crippen molar-refractivity contribution >= 4 is 11.8 Å². The van der Waals surface area contributed by atoms with Crippen LogP contribution in [0.15, 0.2) is 16.3 Å². The van der Waals surface area contributed by atoms with Gasteiger partial charge in [-0.2, -0.15) is 0 Å². The first kappa shape index (κ1) is 11.2. The van der Waals surface area contributed by atoms with Crippen LogP contribution >= 0.6 is 0 Å². The third-order valence-electron chi connectivity index (χ3n) is 2.58. The molecule has 0 fully saturated rings. The van der Waals surface area contributed by atoms with E-state index in [1.54, 1.807) is 4.90 Å². The van der Waals surface area contributed by atoms with E-state index >= 15 is 0 Å². The predicted molar refractivity (Wildman–Crippen MR) is 62.6 cm³/mol. The molecule has 0 spiro atoms. The number of hydrogen-bond donors (Lipinski definition) is 0. The monoisotopic (exact) mass is 222 g/mol. The maximum absolute atomic E-state index is 11.8. The molecule has 0 aromatic carbocycles. The van der Waals surface area contributed by atoms with E-state index < -0.39 is 5.60 Å². The summed E-state index contributed by atoms with van der Waals surface area (Å²) in [6.45, 7) is 8.93. The number of hydrogen-bond acceptors (Lipinski definition) is 3. The minimum absolute atomic E-state index is 0.241. The Balaban J connectivity index is 1.95. The number of ether oxygens (including phenoxy) is 1. The van der Waals surface area contributed by atoms with Gasteiger partial charge in [0.05, 0.1) is 12.2 Å². The van der Waals surface area contributed by atoms with Crippen LogP contribution in [0.2, 0.25) is 0 Å². The van der Waals surface area contributed by atoms with Crippen LogP contribution < -0.4 is 0 Å². The van der Waals surface area contributed by atoms with Gasteiger partial charge in [-0.15, -0.1) is 0 Å². The summed E-state index contributed by atoms with van der Waals surface area (Å²) >= 11 is 0. The molecule has 0 radical (unpaired) electrons. The lowest BCUT2D eigenvalue weighted by Gasteiger charge is -2.24. The average Bonchev–Trinajstić information content (AvgIpc) is 2.56. The molecule has 2 aliphatic heterocycles. The zero-order valence-electron chi connectivity index (χ0n) is 10.3. The quantitative estimate of drug-likeness (QED) is 0.631. The molecule has 0 N–H and O–H groups in total. The molecule has 0 saturated heterocycles. The van der Waals surface area contributed by atoms with Crippen LogP contribution in [0, 0.1) is 0 Å². The number of nitrogens with zero attached hydrogens (tertiary/aromatic N) is 2. The first-order valence-electron chi connectivity index (χ1n) is 5.58. The summed E-state index contributed by atoms with van der Waals surface area (Å²) < 4.78 is 5.33. The van der Waals surface area contributed by atoms with Crippen LogP contribution in [0.4, 0.5) is 4.79 Å². The molecule has 0 aromatic rings. The molecule has 16 heavy (non-hydrogen) atoms. The summed E-state index contributed by atoms with van der Waals surface area (Å²) in [5, 5.41) is 0. The normalized spacial score (nSPS) is 20.0. The Hall–Kier alpha value is -1.32. The summed E-state index contributed by atoms with van der Waals surface area (Å²) in [5.74, 6) is 0. The van der Waals surface area contributed by atoms with E-state index in [2.05, 4.69) is 4.99 Å². The van der Waals surface area contributed by atoms with Gasteiger partial charge in [-0.3, -0.25) is 9.89 Å². The average molecular weight is 222 g/mol. The largest absolute Gasteiger partial charge is 0.444 e. The fraction of sp³-hybridized carbons (Fsp3) is 0.667. The molecule has 0 aliphatic carbocycles. The van der Waals surface area contributed by atoms with Crippen LogP contribution in [-0.4, -0.2) is 35.4 Å². The topological polar surface area (TPSA) is 41.9 Å². The molecule has 2 aliphatic rings. The molecule has 0 unspecified atom stereocenters. The summed E-state index contributed by atoms with van der Waals surface area (Å²) in [4.78, 5) is 17.9. The van der Waals surface area contributed by atoms with Crippen molar-refractivity contribution in [3.05, 3.63) is 11.3 Å². The maximum Gasteiger partial charge on any atom is 0.410 e. The molecular formula is C12H18N2O2. The van der Waals surface area contributed by atoms with E-state index in [0.29, 0.717) is 13.1 Å². The van der Waals surface area contributed by atoms with E-state index in [1.807, 2.05) is 27.7 Å². The SMILES string of the molecule is CC1=NC2=C(C1)CN(C(=O)OC(C)(C)C)C2. The zero-order valence-corrected chi connectivity index (χ0v) is 10.3. The van der Waals surface area contributed by atoms with E-state index in [9.17, 15) is 4.79 Å². The van der Waals surface area contributed by atoms with Crippen LogP contribution in [0.1, 0.15) is 34.1 Å². The summed E-state index contributed by atoms with van der Waals surface area (Å²) in [7, 11) is 0. The fourth-order valence-corrected chi connectivity index (χ4v) is 1.98. The molecule has 0 bridgehead atoms. The van der Waals surface area contributed by atoms with Crippen molar-refractivity contribution in [3.63, 3.8) is 0 Å². The van der Waals surface area contributed by atoms with Gasteiger partial charge in [-0.1, -0.05) is 0 Å². The van der Waals surface area contributed by atoms with Crippen LogP contribution in [0.25, 0.3) is 0 Å². The zero-order chi connectivity index (χ0) is 11.9. The lowest BCUT2D eigenvalue weighted by molar-refractivity contribution is 0.0298. The molecule has 0 saturated carbocycles. The van der Waals surface area contributed by atoms with Gasteiger partial charge in [0.2, 0.25) is 0 Å². The first-order chi connectivity index (χ1) is 7.35. The lowest BCUT2D eigenvalue weighted by atomic mass is 10.2. The standard InChI is InChI=1S/C12H18N2O2/c1-8-5-9-6-14(7-10(9)13-8)11(15)16-12(2,3)4/h5-7H2,1-4H3. The minimum atomic E-state index is -0.427. The van der Waals surface area contributed by atoms with Crippen LogP contribution in [-0.2, 0) is 4.74 Å². The second-order valence-corrected chi connectivity index (χ2v) is 5.41. The third kappa shape index (κ3) is 2.26. The van der Waals surface area contributed by atoms with Crippen molar-refractivity contribution in [3.8, 4) is 0 Å². The van der Waals surface area contributed by atoms with Crippen molar-refractivity contribution < 1.29 is 9.53 Å². The minimum Gasteiger partial charge on any atom is -0.444 e. The second kappa shape index (κ2) is 3.61. The number of rotatable bonds is 0. The van der Waals surface area contributed by atoms with Crippen LogP contribution in [0.3, 0.4) is 0 Å².